The molecule has 0 saturated heterocycles. The minimum atomic E-state index is -0.981. The Morgan fingerprint density at radius 2 is 2.04 bits per heavy atom. The van der Waals surface area contributed by atoms with E-state index in [-0.39, 0.29) is 36.5 Å². The van der Waals surface area contributed by atoms with Gasteiger partial charge in [-0.1, -0.05) is 49.1 Å². The smallest absolute Gasteiger partial charge is 0.183 e. The molecule has 6 unspecified atom stereocenters. The fourth-order valence-electron chi connectivity index (χ4n) is 7.49. The summed E-state index contributed by atoms with van der Waals surface area (Å²) in [6.45, 7) is 3.52. The average molecular weight is 649 g/mol. The van der Waals surface area contributed by atoms with Crippen molar-refractivity contribution in [1.82, 2.24) is 10.2 Å². The number of aliphatic hydroxyl groups is 2. The fraction of sp³-hybridized carbons (Fsp3) is 0.436. The first-order valence-electron chi connectivity index (χ1n) is 17.1. The van der Waals surface area contributed by atoms with Crippen LogP contribution in [-0.2, 0) is 24.1 Å². The van der Waals surface area contributed by atoms with Gasteiger partial charge in [0.25, 0.3) is 0 Å². The van der Waals surface area contributed by atoms with Crippen molar-refractivity contribution >= 4 is 12.0 Å². The number of ketones is 1. The van der Waals surface area contributed by atoms with Crippen LogP contribution in [0, 0.1) is 23.7 Å². The largest absolute Gasteiger partial charge is 0.504 e. The number of benzene rings is 2. The summed E-state index contributed by atoms with van der Waals surface area (Å²) in [5, 5.41) is 36.1. The van der Waals surface area contributed by atoms with Gasteiger partial charge in [0.05, 0.1) is 24.4 Å². The third-order valence-corrected chi connectivity index (χ3v) is 10.4. The lowest BCUT2D eigenvalue weighted by Crippen LogP contribution is -2.36. The van der Waals surface area contributed by atoms with Crippen LogP contribution in [0.2, 0.25) is 0 Å². The molecule has 0 fully saturated rings. The number of carbonyl (C=O) groups excluding carboxylic acids is 1. The molecule has 2 bridgehead atoms. The molecular weight excluding hydrogens is 604 g/mol. The number of hydrogen-bond acceptors (Lipinski definition) is 9. The van der Waals surface area contributed by atoms with Gasteiger partial charge in [0.1, 0.15) is 11.9 Å². The van der Waals surface area contributed by atoms with Crippen molar-refractivity contribution < 1.29 is 24.9 Å². The Morgan fingerprint density at radius 1 is 1.19 bits per heavy atom. The molecule has 4 aliphatic heterocycles. The Morgan fingerprint density at radius 3 is 2.88 bits per heavy atom. The topological polar surface area (TPSA) is 141 Å². The predicted octanol–water partition coefficient (Wildman–Crippen LogP) is 4.28. The second-order valence-electron chi connectivity index (χ2n) is 13.7. The summed E-state index contributed by atoms with van der Waals surface area (Å²) in [6, 6.07) is 9.09. The van der Waals surface area contributed by atoms with Crippen molar-refractivity contribution in [3.05, 3.63) is 93.3 Å². The van der Waals surface area contributed by atoms with E-state index < -0.39 is 18.4 Å². The van der Waals surface area contributed by atoms with Crippen LogP contribution in [0.1, 0.15) is 79.1 Å². The Balaban J connectivity index is 1.08. The number of allylic oxidation sites excluding steroid dienone is 2. The lowest BCUT2D eigenvalue weighted by atomic mass is 9.84. The van der Waals surface area contributed by atoms with Crippen LogP contribution in [0.25, 0.3) is 0 Å². The van der Waals surface area contributed by atoms with Gasteiger partial charge in [-0.15, -0.1) is 0 Å². The summed E-state index contributed by atoms with van der Waals surface area (Å²) in [5.74, 6) is 7.07. The number of nitrogens with two attached hydrogens (primary N) is 1. The molecule has 6 atom stereocenters. The number of carbonyl (C=O) groups is 1. The lowest BCUT2D eigenvalue weighted by Gasteiger charge is -2.29. The normalized spacial score (nSPS) is 26.5. The molecule has 0 saturated carbocycles. The molecule has 1 aliphatic carbocycles. The number of nitrogens with one attached hydrogen (secondary N) is 1. The van der Waals surface area contributed by atoms with E-state index in [1.54, 1.807) is 18.2 Å². The summed E-state index contributed by atoms with van der Waals surface area (Å²) in [5.41, 5.74) is 14.4. The second kappa shape index (κ2) is 13.7. The van der Waals surface area contributed by atoms with Crippen molar-refractivity contribution in [2.75, 3.05) is 13.1 Å². The summed E-state index contributed by atoms with van der Waals surface area (Å²) >= 11 is 0. The highest BCUT2D eigenvalue weighted by atomic mass is 16.5. The van der Waals surface area contributed by atoms with Gasteiger partial charge < -0.3 is 30.7 Å². The van der Waals surface area contributed by atoms with Crippen molar-refractivity contribution in [1.29, 1.82) is 0 Å². The standard InChI is InChI=1S/C39H44N4O5/c1-23-5-9-25(10-6-23)36(47)19-27(44)11-7-24-8-14-35(46)37(17-24)48-38-4-2-3-34(45)29-12-13-30-28(15-16-41-39(30)40)31(29)18-26-20-42-33-22-43(38)21-32(26)33/h5,8-9,12-14,17,20,22-23,25,34,36,38-39,41,45-47H,4,6-7,10-11,15-16,18-19,21,40H2,1H3. The van der Waals surface area contributed by atoms with Gasteiger partial charge in [-0.25, -0.2) is 0 Å². The average Bonchev–Trinajstić information content (AvgIpc) is 3.66. The highest BCUT2D eigenvalue weighted by Gasteiger charge is 2.32. The summed E-state index contributed by atoms with van der Waals surface area (Å²) in [4.78, 5) is 19.6. The van der Waals surface area contributed by atoms with Gasteiger partial charge in [0.2, 0.25) is 0 Å². The molecule has 48 heavy (non-hydrogen) atoms. The van der Waals surface area contributed by atoms with Gasteiger partial charge in [-0.05, 0) is 77.1 Å². The first-order chi connectivity index (χ1) is 23.2. The highest BCUT2D eigenvalue weighted by Crippen LogP contribution is 2.38. The first-order valence-corrected chi connectivity index (χ1v) is 17.1. The molecule has 6 N–H and O–H groups in total. The number of fused-ring (bicyclic) bond motifs is 4. The molecule has 2 aromatic rings. The Bertz CT molecular complexity index is 1780. The monoisotopic (exact) mass is 648 g/mol. The maximum atomic E-state index is 12.8. The minimum absolute atomic E-state index is 0.00529. The zero-order valence-corrected chi connectivity index (χ0v) is 27.4. The van der Waals surface area contributed by atoms with E-state index in [1.807, 2.05) is 29.4 Å². The molecule has 5 aliphatic rings. The predicted molar refractivity (Wildman–Crippen MR) is 184 cm³/mol. The van der Waals surface area contributed by atoms with Crippen molar-refractivity contribution in [2.45, 2.75) is 82.9 Å². The number of phenolic OH excluding ortho intramolecular Hbond substituents is 1. The van der Waals surface area contributed by atoms with E-state index in [0.29, 0.717) is 37.5 Å². The van der Waals surface area contributed by atoms with Crippen LogP contribution in [-0.4, -0.2) is 57.6 Å². The van der Waals surface area contributed by atoms with Crippen LogP contribution in [0.15, 0.2) is 70.5 Å². The molecule has 2 aromatic carbocycles. The van der Waals surface area contributed by atoms with E-state index in [0.717, 1.165) is 64.9 Å². The maximum absolute atomic E-state index is 12.8. The number of nitrogens with zero attached hydrogens (tertiary/aromatic N) is 2. The number of phenols is 1. The Labute approximate surface area is 281 Å². The lowest BCUT2D eigenvalue weighted by molar-refractivity contribution is -0.121. The van der Waals surface area contributed by atoms with Gasteiger partial charge in [-0.3, -0.25) is 15.1 Å². The molecular formula is C39H44N4O5. The van der Waals surface area contributed by atoms with Crippen LogP contribution in [0.3, 0.4) is 0 Å². The summed E-state index contributed by atoms with van der Waals surface area (Å²) in [7, 11) is 0. The number of aromatic hydroxyl groups is 1. The molecule has 7 rings (SSSR count). The van der Waals surface area contributed by atoms with E-state index in [9.17, 15) is 20.1 Å². The number of aryl methyl sites for hydroxylation is 1. The second-order valence-corrected chi connectivity index (χ2v) is 13.7. The fourth-order valence-corrected chi connectivity index (χ4v) is 7.49. The molecule has 0 aromatic heterocycles. The molecule has 0 radical (unpaired) electrons. The Kier molecular flexibility index (Phi) is 9.25. The van der Waals surface area contributed by atoms with E-state index in [2.05, 4.69) is 36.2 Å². The van der Waals surface area contributed by atoms with Gasteiger partial charge in [0.15, 0.2) is 17.7 Å². The molecule has 250 valence electrons. The molecule has 9 nitrogen and oxygen atoms in total. The molecule has 0 spiro atoms. The van der Waals surface area contributed by atoms with Crippen LogP contribution in [0.5, 0.6) is 11.5 Å². The third-order valence-electron chi connectivity index (χ3n) is 10.4. The van der Waals surface area contributed by atoms with E-state index >= 15 is 0 Å². The SMILES string of the molecule is CC1C=CC(C(O)CC(=O)CCc2ccc(O)c(OC3CC#CC(O)c4ccc5c(c4CC4=C6CN3C=C6N=C4)CCNC5N)c2)CC1. The highest BCUT2D eigenvalue weighted by molar-refractivity contribution is 5.88. The molecule has 0 amide bonds. The van der Waals surface area contributed by atoms with Gasteiger partial charge in [-0.2, -0.15) is 0 Å². The third kappa shape index (κ3) is 6.71. The maximum Gasteiger partial charge on any atom is 0.183 e. The molecule has 4 heterocycles. The van der Waals surface area contributed by atoms with E-state index in [1.165, 1.54) is 5.56 Å². The van der Waals surface area contributed by atoms with Crippen molar-refractivity contribution in [3.8, 4) is 23.3 Å². The molecule has 9 heteroatoms. The van der Waals surface area contributed by atoms with Gasteiger partial charge in [0, 0.05) is 56.3 Å². The number of aliphatic imine (C=N–C) groups is 1. The van der Waals surface area contributed by atoms with Crippen LogP contribution in [0.4, 0.5) is 0 Å². The number of aliphatic hydroxyl groups excluding tert-OH is 2. The summed E-state index contributed by atoms with van der Waals surface area (Å²) < 4.78 is 6.44. The van der Waals surface area contributed by atoms with Crippen molar-refractivity contribution in [3.63, 3.8) is 0 Å². The zero-order chi connectivity index (χ0) is 33.4. The zero-order valence-electron chi connectivity index (χ0n) is 27.4. The summed E-state index contributed by atoms with van der Waals surface area (Å²) in [6.07, 6.45) is 10.2. The van der Waals surface area contributed by atoms with Crippen LogP contribution < -0.4 is 15.8 Å². The number of Topliss-reactive ketones (excluding diaryl/α,β-unsaturated/α-hetero) is 1. The van der Waals surface area contributed by atoms with Crippen molar-refractivity contribution in [2.24, 2.45) is 22.6 Å². The number of ether oxygens (including phenoxy) is 1. The number of rotatable bonds is 8. The first kappa shape index (κ1) is 32.4. The minimum Gasteiger partial charge on any atom is -0.504 e. The Hall–Kier alpha value is -4.20. The quantitative estimate of drug-likeness (QED) is 0.211. The number of hydrogen-bond donors (Lipinski definition) is 5. The van der Waals surface area contributed by atoms with Gasteiger partial charge >= 0.3 is 0 Å². The van der Waals surface area contributed by atoms with Crippen LogP contribution >= 0.6 is 0 Å². The van der Waals surface area contributed by atoms with E-state index in [4.69, 9.17) is 15.5 Å².